The van der Waals surface area contributed by atoms with Gasteiger partial charge in [-0.25, -0.2) is 0 Å². The Kier molecular flexibility index (Phi) is 5.54. The summed E-state index contributed by atoms with van der Waals surface area (Å²) in [6, 6.07) is 16.6. The highest BCUT2D eigenvalue weighted by molar-refractivity contribution is 5.34. The minimum absolute atomic E-state index is 0.216. The summed E-state index contributed by atoms with van der Waals surface area (Å²) in [5, 5.41) is 10.3. The number of ether oxygens (including phenoxy) is 1. The molecule has 1 aliphatic rings. The lowest BCUT2D eigenvalue weighted by atomic mass is 9.88. The summed E-state index contributed by atoms with van der Waals surface area (Å²) < 4.78 is 6.07. The third kappa shape index (κ3) is 4.37. The molecule has 3 rings (SSSR count). The topological polar surface area (TPSA) is 32.7 Å². The molecule has 2 atom stereocenters. The summed E-state index contributed by atoms with van der Waals surface area (Å²) in [5.74, 6) is 1.20. The van der Waals surface area contributed by atoms with Gasteiger partial charge in [0.1, 0.15) is 12.4 Å². The molecule has 1 saturated heterocycles. The molecule has 0 spiro atoms. The molecule has 0 bridgehead atoms. The maximum absolute atomic E-state index is 10.3. The van der Waals surface area contributed by atoms with Crippen molar-refractivity contribution in [2.24, 2.45) is 5.92 Å². The van der Waals surface area contributed by atoms with Gasteiger partial charge in [-0.2, -0.15) is 0 Å². The Bertz CT molecular complexity index is 653. The number of para-hydroxylation sites is 1. The second kappa shape index (κ2) is 7.82. The zero-order chi connectivity index (χ0) is 16.9. The summed E-state index contributed by atoms with van der Waals surface area (Å²) >= 11 is 0. The number of nitrogens with zero attached hydrogens (tertiary/aromatic N) is 1. The molecule has 0 aliphatic carbocycles. The van der Waals surface area contributed by atoms with Crippen molar-refractivity contribution in [3.05, 3.63) is 65.2 Å². The third-order valence-corrected chi connectivity index (χ3v) is 4.87. The molecular weight excluding hydrogens is 298 g/mol. The van der Waals surface area contributed by atoms with Crippen LogP contribution in [0, 0.1) is 12.8 Å². The largest absolute Gasteiger partial charge is 0.489 e. The Morgan fingerprint density at radius 3 is 2.67 bits per heavy atom. The maximum Gasteiger partial charge on any atom is 0.123 e. The predicted molar refractivity (Wildman–Crippen MR) is 97.3 cm³/mol. The standard InChI is InChI=1S/C21H27NO2/c1-16-7-9-17(10-8-16)15-24-21-6-4-3-5-18(21)13-19-14-22(2)12-11-20(19)23/h3-10,19-20,23H,11-15H2,1-2H3. The SMILES string of the molecule is Cc1ccc(COc2ccccc2CC2CN(C)CCC2O)cc1. The van der Waals surface area contributed by atoms with Gasteiger partial charge in [-0.05, 0) is 44.0 Å². The van der Waals surface area contributed by atoms with Crippen LogP contribution >= 0.6 is 0 Å². The summed E-state index contributed by atoms with van der Waals surface area (Å²) in [6.07, 6.45) is 1.50. The zero-order valence-electron chi connectivity index (χ0n) is 14.6. The van der Waals surface area contributed by atoms with E-state index in [2.05, 4.69) is 49.2 Å². The molecule has 0 amide bonds. The predicted octanol–water partition coefficient (Wildman–Crippen LogP) is 3.43. The van der Waals surface area contributed by atoms with Gasteiger partial charge in [0.25, 0.3) is 0 Å². The highest BCUT2D eigenvalue weighted by atomic mass is 16.5. The molecule has 1 fully saturated rings. The summed E-state index contributed by atoms with van der Waals surface area (Å²) in [5.41, 5.74) is 3.62. The summed E-state index contributed by atoms with van der Waals surface area (Å²) in [6.45, 7) is 4.58. The summed E-state index contributed by atoms with van der Waals surface area (Å²) in [7, 11) is 2.12. The molecule has 0 aromatic heterocycles. The quantitative estimate of drug-likeness (QED) is 0.914. The number of aliphatic hydroxyl groups excluding tert-OH is 1. The number of aliphatic hydroxyl groups is 1. The first-order valence-electron chi connectivity index (χ1n) is 8.74. The first-order chi connectivity index (χ1) is 11.6. The van der Waals surface area contributed by atoms with E-state index >= 15 is 0 Å². The van der Waals surface area contributed by atoms with Crippen molar-refractivity contribution in [2.45, 2.75) is 32.5 Å². The molecule has 0 radical (unpaired) electrons. The van der Waals surface area contributed by atoms with Gasteiger partial charge in [0.15, 0.2) is 0 Å². The molecule has 3 heteroatoms. The number of likely N-dealkylation sites (tertiary alicyclic amines) is 1. The van der Waals surface area contributed by atoms with E-state index in [1.807, 2.05) is 18.2 Å². The van der Waals surface area contributed by atoms with Gasteiger partial charge in [0.2, 0.25) is 0 Å². The smallest absolute Gasteiger partial charge is 0.123 e. The minimum Gasteiger partial charge on any atom is -0.489 e. The molecule has 128 valence electrons. The first-order valence-corrected chi connectivity index (χ1v) is 8.74. The van der Waals surface area contributed by atoms with Gasteiger partial charge < -0.3 is 14.7 Å². The zero-order valence-corrected chi connectivity index (χ0v) is 14.6. The lowest BCUT2D eigenvalue weighted by molar-refractivity contribution is 0.0363. The fraction of sp³-hybridized carbons (Fsp3) is 0.429. The van der Waals surface area contributed by atoms with Crippen molar-refractivity contribution in [2.75, 3.05) is 20.1 Å². The maximum atomic E-state index is 10.3. The highest BCUT2D eigenvalue weighted by Crippen LogP contribution is 2.26. The second-order valence-electron chi connectivity index (χ2n) is 6.96. The van der Waals surface area contributed by atoms with Crippen LogP contribution < -0.4 is 4.74 Å². The Morgan fingerprint density at radius 2 is 1.88 bits per heavy atom. The lowest BCUT2D eigenvalue weighted by Gasteiger charge is -2.34. The Labute approximate surface area is 144 Å². The van der Waals surface area contributed by atoms with Crippen LogP contribution in [-0.4, -0.2) is 36.2 Å². The van der Waals surface area contributed by atoms with Gasteiger partial charge >= 0.3 is 0 Å². The highest BCUT2D eigenvalue weighted by Gasteiger charge is 2.26. The number of hydrogen-bond donors (Lipinski definition) is 1. The minimum atomic E-state index is -0.216. The molecular formula is C21H27NO2. The molecule has 0 saturated carbocycles. The van der Waals surface area contributed by atoms with Gasteiger partial charge in [-0.1, -0.05) is 48.0 Å². The van der Waals surface area contributed by atoms with Crippen molar-refractivity contribution in [1.82, 2.24) is 4.90 Å². The van der Waals surface area contributed by atoms with E-state index in [0.29, 0.717) is 6.61 Å². The third-order valence-electron chi connectivity index (χ3n) is 4.87. The van der Waals surface area contributed by atoms with E-state index < -0.39 is 0 Å². The molecule has 2 aromatic carbocycles. The van der Waals surface area contributed by atoms with Crippen molar-refractivity contribution in [3.8, 4) is 5.75 Å². The monoisotopic (exact) mass is 325 g/mol. The van der Waals surface area contributed by atoms with E-state index in [0.717, 1.165) is 31.7 Å². The van der Waals surface area contributed by atoms with E-state index in [4.69, 9.17) is 4.74 Å². The first kappa shape index (κ1) is 17.0. The number of rotatable bonds is 5. The molecule has 24 heavy (non-hydrogen) atoms. The number of hydrogen-bond acceptors (Lipinski definition) is 3. The molecule has 1 aliphatic heterocycles. The normalized spacial score (nSPS) is 21.6. The molecule has 2 unspecified atom stereocenters. The van der Waals surface area contributed by atoms with E-state index in [1.165, 1.54) is 16.7 Å². The van der Waals surface area contributed by atoms with Crippen LogP contribution in [0.1, 0.15) is 23.1 Å². The van der Waals surface area contributed by atoms with Crippen molar-refractivity contribution in [3.63, 3.8) is 0 Å². The Balaban J connectivity index is 1.67. The second-order valence-corrected chi connectivity index (χ2v) is 6.96. The molecule has 2 aromatic rings. The van der Waals surface area contributed by atoms with Crippen molar-refractivity contribution in [1.29, 1.82) is 0 Å². The molecule has 1 heterocycles. The average molecular weight is 325 g/mol. The number of piperidine rings is 1. The lowest BCUT2D eigenvalue weighted by Crippen LogP contribution is -2.42. The Hall–Kier alpha value is -1.84. The molecule has 3 nitrogen and oxygen atoms in total. The van der Waals surface area contributed by atoms with Crippen LogP contribution in [0.4, 0.5) is 0 Å². The van der Waals surface area contributed by atoms with E-state index in [-0.39, 0.29) is 12.0 Å². The number of benzene rings is 2. The summed E-state index contributed by atoms with van der Waals surface area (Å²) in [4.78, 5) is 2.30. The fourth-order valence-electron chi connectivity index (χ4n) is 3.34. The Morgan fingerprint density at radius 1 is 1.12 bits per heavy atom. The van der Waals surface area contributed by atoms with Crippen LogP contribution in [0.15, 0.2) is 48.5 Å². The van der Waals surface area contributed by atoms with Crippen molar-refractivity contribution >= 4 is 0 Å². The van der Waals surface area contributed by atoms with Gasteiger partial charge in [0.05, 0.1) is 6.10 Å². The molecule has 1 N–H and O–H groups in total. The van der Waals surface area contributed by atoms with Gasteiger partial charge in [-0.3, -0.25) is 0 Å². The van der Waals surface area contributed by atoms with Gasteiger partial charge in [0, 0.05) is 19.0 Å². The van der Waals surface area contributed by atoms with E-state index in [9.17, 15) is 5.11 Å². The van der Waals surface area contributed by atoms with Crippen LogP contribution in [-0.2, 0) is 13.0 Å². The van der Waals surface area contributed by atoms with Gasteiger partial charge in [-0.15, -0.1) is 0 Å². The number of aryl methyl sites for hydroxylation is 1. The van der Waals surface area contributed by atoms with Crippen LogP contribution in [0.5, 0.6) is 5.75 Å². The van der Waals surface area contributed by atoms with E-state index in [1.54, 1.807) is 0 Å². The van der Waals surface area contributed by atoms with Crippen LogP contribution in [0.2, 0.25) is 0 Å². The van der Waals surface area contributed by atoms with Crippen molar-refractivity contribution < 1.29 is 9.84 Å². The average Bonchev–Trinajstić information content (AvgIpc) is 2.59. The van der Waals surface area contributed by atoms with Crippen LogP contribution in [0.25, 0.3) is 0 Å². The van der Waals surface area contributed by atoms with Crippen LogP contribution in [0.3, 0.4) is 0 Å². The fourth-order valence-corrected chi connectivity index (χ4v) is 3.34.